The summed E-state index contributed by atoms with van der Waals surface area (Å²) >= 11 is 1.76. The van der Waals surface area contributed by atoms with E-state index in [1.807, 2.05) is 0 Å². The Balaban J connectivity index is 2.29. The lowest BCUT2D eigenvalue weighted by molar-refractivity contribution is -0.119. The molecule has 0 aliphatic carbocycles. The molecule has 3 heteroatoms. The summed E-state index contributed by atoms with van der Waals surface area (Å²) in [7, 11) is 0. The highest BCUT2D eigenvalue weighted by Crippen LogP contribution is 2.26. The van der Waals surface area contributed by atoms with Crippen LogP contribution in [0.25, 0.3) is 10.1 Å². The summed E-state index contributed by atoms with van der Waals surface area (Å²) < 4.78 is 1.30. The average Bonchev–Trinajstić information content (AvgIpc) is 2.57. The SMILES string of the molecule is CC(=O)NCc1ccc2scc(C)c2c1. The van der Waals surface area contributed by atoms with Crippen molar-refractivity contribution < 1.29 is 4.79 Å². The monoisotopic (exact) mass is 219 g/mol. The summed E-state index contributed by atoms with van der Waals surface area (Å²) in [6.07, 6.45) is 0. The highest BCUT2D eigenvalue weighted by molar-refractivity contribution is 7.17. The van der Waals surface area contributed by atoms with Gasteiger partial charge in [0.05, 0.1) is 0 Å². The van der Waals surface area contributed by atoms with E-state index < -0.39 is 0 Å². The normalized spacial score (nSPS) is 10.5. The molecule has 0 aliphatic rings. The van der Waals surface area contributed by atoms with Gasteiger partial charge in [-0.05, 0) is 40.9 Å². The molecule has 0 spiro atoms. The molecule has 2 rings (SSSR count). The smallest absolute Gasteiger partial charge is 0.217 e. The Morgan fingerprint density at radius 2 is 2.27 bits per heavy atom. The minimum absolute atomic E-state index is 0.0112. The predicted molar refractivity (Wildman–Crippen MR) is 64.1 cm³/mol. The van der Waals surface area contributed by atoms with Crippen molar-refractivity contribution in [3.63, 3.8) is 0 Å². The summed E-state index contributed by atoms with van der Waals surface area (Å²) in [6.45, 7) is 4.26. The maximum Gasteiger partial charge on any atom is 0.217 e. The molecule has 0 saturated carbocycles. The first-order valence-corrected chi connectivity index (χ1v) is 5.76. The molecule has 1 aromatic heterocycles. The predicted octanol–water partition coefficient (Wildman–Crippen LogP) is 2.85. The van der Waals surface area contributed by atoms with Crippen LogP contribution in [0.3, 0.4) is 0 Å². The molecule has 0 bridgehead atoms. The van der Waals surface area contributed by atoms with Gasteiger partial charge in [-0.3, -0.25) is 4.79 Å². The molecule has 2 aromatic rings. The Morgan fingerprint density at radius 3 is 3.00 bits per heavy atom. The van der Waals surface area contributed by atoms with Gasteiger partial charge in [0.2, 0.25) is 5.91 Å². The van der Waals surface area contributed by atoms with Crippen molar-refractivity contribution in [2.24, 2.45) is 0 Å². The van der Waals surface area contributed by atoms with Gasteiger partial charge < -0.3 is 5.32 Å². The number of nitrogens with one attached hydrogen (secondary N) is 1. The lowest BCUT2D eigenvalue weighted by Crippen LogP contribution is -2.18. The number of hydrogen-bond donors (Lipinski definition) is 1. The third-order valence-electron chi connectivity index (χ3n) is 2.37. The van der Waals surface area contributed by atoms with Gasteiger partial charge in [0.15, 0.2) is 0 Å². The van der Waals surface area contributed by atoms with Gasteiger partial charge in [-0.15, -0.1) is 11.3 Å². The van der Waals surface area contributed by atoms with Crippen LogP contribution in [0.15, 0.2) is 23.6 Å². The third-order valence-corrected chi connectivity index (χ3v) is 3.45. The number of thiophene rings is 1. The number of carbonyl (C=O) groups excluding carboxylic acids is 1. The lowest BCUT2D eigenvalue weighted by atomic mass is 10.1. The number of rotatable bonds is 2. The second-order valence-corrected chi connectivity index (χ2v) is 4.57. The highest BCUT2D eigenvalue weighted by Gasteiger charge is 2.01. The van der Waals surface area contributed by atoms with Crippen molar-refractivity contribution in [3.8, 4) is 0 Å². The van der Waals surface area contributed by atoms with Gasteiger partial charge in [-0.1, -0.05) is 6.07 Å². The van der Waals surface area contributed by atoms with Crippen LogP contribution in [0, 0.1) is 6.92 Å². The molecule has 0 saturated heterocycles. The van der Waals surface area contributed by atoms with Gasteiger partial charge in [0, 0.05) is 18.2 Å². The zero-order chi connectivity index (χ0) is 10.8. The second kappa shape index (κ2) is 4.03. The number of fused-ring (bicyclic) bond motifs is 1. The van der Waals surface area contributed by atoms with Crippen molar-refractivity contribution in [1.29, 1.82) is 0 Å². The first-order chi connectivity index (χ1) is 7.16. The molecule has 1 aromatic carbocycles. The molecule has 2 nitrogen and oxygen atoms in total. The number of amides is 1. The Morgan fingerprint density at radius 1 is 1.47 bits per heavy atom. The molecule has 1 heterocycles. The fraction of sp³-hybridized carbons (Fsp3) is 0.250. The quantitative estimate of drug-likeness (QED) is 0.826. The van der Waals surface area contributed by atoms with Crippen molar-refractivity contribution in [3.05, 3.63) is 34.7 Å². The van der Waals surface area contributed by atoms with Crippen LogP contribution in [-0.4, -0.2) is 5.91 Å². The Hall–Kier alpha value is -1.35. The van der Waals surface area contributed by atoms with Crippen LogP contribution < -0.4 is 5.32 Å². The fourth-order valence-electron chi connectivity index (χ4n) is 1.54. The van der Waals surface area contributed by atoms with E-state index in [9.17, 15) is 4.79 Å². The van der Waals surface area contributed by atoms with Crippen LogP contribution >= 0.6 is 11.3 Å². The summed E-state index contributed by atoms with van der Waals surface area (Å²) in [6, 6.07) is 6.33. The molecule has 0 radical (unpaired) electrons. The fourth-order valence-corrected chi connectivity index (χ4v) is 2.46. The largest absolute Gasteiger partial charge is 0.352 e. The molecule has 0 aliphatic heterocycles. The van der Waals surface area contributed by atoms with E-state index in [2.05, 4.69) is 35.8 Å². The minimum Gasteiger partial charge on any atom is -0.352 e. The van der Waals surface area contributed by atoms with Crippen molar-refractivity contribution >= 4 is 27.3 Å². The maximum absolute atomic E-state index is 10.8. The first-order valence-electron chi connectivity index (χ1n) is 4.88. The Bertz CT molecular complexity index is 501. The van der Waals surface area contributed by atoms with E-state index >= 15 is 0 Å². The van der Waals surface area contributed by atoms with Gasteiger partial charge in [-0.2, -0.15) is 0 Å². The average molecular weight is 219 g/mol. The molecule has 1 N–H and O–H groups in total. The third kappa shape index (κ3) is 2.18. The molecule has 0 atom stereocenters. The minimum atomic E-state index is 0.0112. The van der Waals surface area contributed by atoms with Crippen molar-refractivity contribution in [2.75, 3.05) is 0 Å². The second-order valence-electron chi connectivity index (χ2n) is 3.66. The molecule has 1 amide bonds. The molecule has 0 fully saturated rings. The number of carbonyl (C=O) groups is 1. The van der Waals surface area contributed by atoms with E-state index in [0.29, 0.717) is 6.54 Å². The van der Waals surface area contributed by atoms with E-state index in [1.165, 1.54) is 22.6 Å². The summed E-state index contributed by atoms with van der Waals surface area (Å²) in [5.74, 6) is 0.0112. The van der Waals surface area contributed by atoms with E-state index in [0.717, 1.165) is 5.56 Å². The summed E-state index contributed by atoms with van der Waals surface area (Å²) in [5.41, 5.74) is 2.46. The van der Waals surface area contributed by atoms with Gasteiger partial charge >= 0.3 is 0 Å². The van der Waals surface area contributed by atoms with Crippen LogP contribution in [0.1, 0.15) is 18.1 Å². The molecular weight excluding hydrogens is 206 g/mol. The van der Waals surface area contributed by atoms with E-state index in [1.54, 1.807) is 11.3 Å². The van der Waals surface area contributed by atoms with Gasteiger partial charge in [0.1, 0.15) is 0 Å². The van der Waals surface area contributed by atoms with E-state index in [-0.39, 0.29) is 5.91 Å². The number of hydrogen-bond acceptors (Lipinski definition) is 2. The van der Waals surface area contributed by atoms with Gasteiger partial charge in [-0.25, -0.2) is 0 Å². The summed E-state index contributed by atoms with van der Waals surface area (Å²) in [5, 5.41) is 6.26. The number of benzene rings is 1. The maximum atomic E-state index is 10.8. The Kier molecular flexibility index (Phi) is 2.73. The first kappa shape index (κ1) is 10.2. The highest BCUT2D eigenvalue weighted by atomic mass is 32.1. The molecule has 78 valence electrons. The zero-order valence-corrected chi connectivity index (χ0v) is 9.65. The van der Waals surface area contributed by atoms with Crippen LogP contribution in [-0.2, 0) is 11.3 Å². The standard InChI is InChI=1S/C12H13NOS/c1-8-7-15-12-4-3-10(5-11(8)12)6-13-9(2)14/h3-5,7H,6H2,1-2H3,(H,13,14). The van der Waals surface area contributed by atoms with Crippen LogP contribution in [0.2, 0.25) is 0 Å². The molecule has 15 heavy (non-hydrogen) atoms. The van der Waals surface area contributed by atoms with Crippen molar-refractivity contribution in [1.82, 2.24) is 5.32 Å². The lowest BCUT2D eigenvalue weighted by Gasteiger charge is -2.02. The molecule has 0 unspecified atom stereocenters. The van der Waals surface area contributed by atoms with E-state index in [4.69, 9.17) is 0 Å². The van der Waals surface area contributed by atoms with Crippen LogP contribution in [0.5, 0.6) is 0 Å². The number of aryl methyl sites for hydroxylation is 1. The zero-order valence-electron chi connectivity index (χ0n) is 8.83. The van der Waals surface area contributed by atoms with Crippen LogP contribution in [0.4, 0.5) is 0 Å². The van der Waals surface area contributed by atoms with Crippen molar-refractivity contribution in [2.45, 2.75) is 20.4 Å². The molecular formula is C12H13NOS. The van der Waals surface area contributed by atoms with Gasteiger partial charge in [0.25, 0.3) is 0 Å². The Labute approximate surface area is 92.9 Å². The topological polar surface area (TPSA) is 29.1 Å². The summed E-state index contributed by atoms with van der Waals surface area (Å²) in [4.78, 5) is 10.8.